The molecule has 19 heavy (non-hydrogen) atoms. The second-order valence-corrected chi connectivity index (χ2v) is 4.85. The highest BCUT2D eigenvalue weighted by atomic mass is 79.9. The Balaban J connectivity index is 2.15. The van der Waals surface area contributed by atoms with Gasteiger partial charge < -0.3 is 10.4 Å². The summed E-state index contributed by atoms with van der Waals surface area (Å²) in [5, 5.41) is 21.5. The van der Waals surface area contributed by atoms with E-state index in [1.54, 1.807) is 30.3 Å². The van der Waals surface area contributed by atoms with Crippen molar-refractivity contribution in [1.29, 1.82) is 5.26 Å². The van der Waals surface area contributed by atoms with Gasteiger partial charge in [0.2, 0.25) is 0 Å². The normalized spacial score (nSPS) is 9.95. The number of halogens is 2. The van der Waals surface area contributed by atoms with Crippen LogP contribution in [0.4, 0.5) is 10.1 Å². The minimum atomic E-state index is -0.543. The number of rotatable bonds is 3. The Morgan fingerprint density at radius 3 is 2.79 bits per heavy atom. The molecule has 0 aromatic heterocycles. The molecule has 96 valence electrons. The van der Waals surface area contributed by atoms with Gasteiger partial charge in [-0.25, -0.2) is 4.39 Å². The van der Waals surface area contributed by atoms with Gasteiger partial charge in [0.25, 0.3) is 0 Å². The maximum absolute atomic E-state index is 13.2. The molecule has 0 radical (unpaired) electrons. The molecule has 0 atom stereocenters. The van der Waals surface area contributed by atoms with Crippen molar-refractivity contribution in [2.45, 2.75) is 6.54 Å². The summed E-state index contributed by atoms with van der Waals surface area (Å²) in [5.74, 6) is -0.364. The number of benzene rings is 2. The standard InChI is InChI=1S/C14H10BrFN2O/c15-11-1-4-14(19)10(5-11)8-18-12-2-3-13(16)9(6-12)7-17/h1-6,18-19H,8H2. The molecule has 0 aliphatic carbocycles. The fourth-order valence-corrected chi connectivity index (χ4v) is 2.02. The third-order valence-corrected chi connectivity index (χ3v) is 3.10. The number of nitrogens with one attached hydrogen (secondary N) is 1. The van der Waals surface area contributed by atoms with Gasteiger partial charge in [-0.3, -0.25) is 0 Å². The molecule has 2 aromatic carbocycles. The minimum Gasteiger partial charge on any atom is -0.508 e. The number of aromatic hydroxyl groups is 1. The molecule has 0 saturated carbocycles. The number of phenols is 1. The van der Waals surface area contributed by atoms with Crippen molar-refractivity contribution in [3.63, 3.8) is 0 Å². The SMILES string of the molecule is N#Cc1cc(NCc2cc(Br)ccc2O)ccc1F. The van der Waals surface area contributed by atoms with E-state index in [-0.39, 0.29) is 11.3 Å². The van der Waals surface area contributed by atoms with Crippen molar-refractivity contribution >= 4 is 21.6 Å². The van der Waals surface area contributed by atoms with Gasteiger partial charge in [0.15, 0.2) is 0 Å². The molecule has 0 amide bonds. The molecule has 2 aromatic rings. The molecular weight excluding hydrogens is 311 g/mol. The van der Waals surface area contributed by atoms with E-state index in [2.05, 4.69) is 21.2 Å². The quantitative estimate of drug-likeness (QED) is 0.904. The summed E-state index contributed by atoms with van der Waals surface area (Å²) in [4.78, 5) is 0. The summed E-state index contributed by atoms with van der Waals surface area (Å²) in [6, 6.07) is 11.1. The summed E-state index contributed by atoms with van der Waals surface area (Å²) >= 11 is 3.32. The Morgan fingerprint density at radius 1 is 1.26 bits per heavy atom. The van der Waals surface area contributed by atoms with Crippen LogP contribution < -0.4 is 5.32 Å². The Labute approximate surface area is 118 Å². The van der Waals surface area contributed by atoms with Gasteiger partial charge in [-0.2, -0.15) is 5.26 Å². The summed E-state index contributed by atoms with van der Waals surface area (Å²) in [6.07, 6.45) is 0. The Morgan fingerprint density at radius 2 is 2.05 bits per heavy atom. The molecule has 3 nitrogen and oxygen atoms in total. The van der Waals surface area contributed by atoms with Gasteiger partial charge in [0, 0.05) is 22.3 Å². The van der Waals surface area contributed by atoms with Gasteiger partial charge in [0.05, 0.1) is 5.56 Å². The van der Waals surface area contributed by atoms with Gasteiger partial charge in [-0.1, -0.05) is 15.9 Å². The Bertz CT molecular complexity index is 652. The molecule has 0 saturated heterocycles. The zero-order valence-corrected chi connectivity index (χ0v) is 11.4. The molecule has 0 unspecified atom stereocenters. The van der Waals surface area contributed by atoms with Gasteiger partial charge in [0.1, 0.15) is 17.6 Å². The largest absolute Gasteiger partial charge is 0.508 e. The van der Waals surface area contributed by atoms with Crippen molar-refractivity contribution in [3.8, 4) is 11.8 Å². The van der Waals surface area contributed by atoms with E-state index < -0.39 is 5.82 Å². The van der Waals surface area contributed by atoms with E-state index in [9.17, 15) is 9.50 Å². The lowest BCUT2D eigenvalue weighted by Gasteiger charge is -2.09. The predicted molar refractivity (Wildman–Crippen MR) is 74.2 cm³/mol. The zero-order chi connectivity index (χ0) is 13.8. The summed E-state index contributed by atoms with van der Waals surface area (Å²) in [6.45, 7) is 0.377. The molecule has 0 spiro atoms. The number of nitrogens with zero attached hydrogens (tertiary/aromatic N) is 1. The van der Waals surface area contributed by atoms with Crippen molar-refractivity contribution < 1.29 is 9.50 Å². The fraction of sp³-hybridized carbons (Fsp3) is 0.0714. The lowest BCUT2D eigenvalue weighted by Crippen LogP contribution is -2.00. The van der Waals surface area contributed by atoms with E-state index in [0.29, 0.717) is 17.8 Å². The minimum absolute atomic E-state index is 0.0107. The van der Waals surface area contributed by atoms with Gasteiger partial charge >= 0.3 is 0 Å². The van der Waals surface area contributed by atoms with Crippen LogP contribution in [0.5, 0.6) is 5.75 Å². The topological polar surface area (TPSA) is 56.0 Å². The van der Waals surface area contributed by atoms with Crippen LogP contribution in [-0.4, -0.2) is 5.11 Å². The number of anilines is 1. The monoisotopic (exact) mass is 320 g/mol. The molecule has 0 heterocycles. The molecule has 0 aliphatic heterocycles. The predicted octanol–water partition coefficient (Wildman–Crippen LogP) is 3.78. The molecular formula is C14H10BrFN2O. The Hall–Kier alpha value is -2.06. The van der Waals surface area contributed by atoms with Crippen LogP contribution in [0, 0.1) is 17.1 Å². The third-order valence-electron chi connectivity index (χ3n) is 2.61. The van der Waals surface area contributed by atoms with Crippen molar-refractivity contribution in [3.05, 3.63) is 57.8 Å². The number of phenolic OH excluding ortho intramolecular Hbond substituents is 1. The first-order valence-corrected chi connectivity index (χ1v) is 6.30. The average molecular weight is 321 g/mol. The molecule has 0 aliphatic rings. The smallest absolute Gasteiger partial charge is 0.141 e. The Kier molecular flexibility index (Phi) is 4.03. The summed E-state index contributed by atoms with van der Waals surface area (Å²) in [7, 11) is 0. The molecule has 2 N–H and O–H groups in total. The van der Waals surface area contributed by atoms with E-state index in [1.165, 1.54) is 12.1 Å². The lowest BCUT2D eigenvalue weighted by molar-refractivity contribution is 0.469. The third kappa shape index (κ3) is 3.24. The van der Waals surface area contributed by atoms with E-state index >= 15 is 0 Å². The first-order chi connectivity index (χ1) is 9.10. The fourth-order valence-electron chi connectivity index (χ4n) is 1.61. The van der Waals surface area contributed by atoms with Crippen LogP contribution in [0.15, 0.2) is 40.9 Å². The van der Waals surface area contributed by atoms with Gasteiger partial charge in [-0.05, 0) is 36.4 Å². The van der Waals surface area contributed by atoms with Crippen molar-refractivity contribution in [1.82, 2.24) is 0 Å². The maximum Gasteiger partial charge on any atom is 0.141 e. The average Bonchev–Trinajstić information content (AvgIpc) is 2.41. The molecule has 5 heteroatoms. The van der Waals surface area contributed by atoms with Crippen molar-refractivity contribution in [2.75, 3.05) is 5.32 Å². The summed E-state index contributed by atoms with van der Waals surface area (Å²) < 4.78 is 14.0. The van der Waals surface area contributed by atoms with Gasteiger partial charge in [-0.15, -0.1) is 0 Å². The van der Waals surface area contributed by atoms with E-state index in [0.717, 1.165) is 4.47 Å². The second kappa shape index (κ2) is 5.72. The van der Waals surface area contributed by atoms with E-state index in [1.807, 2.05) is 0 Å². The first-order valence-electron chi connectivity index (χ1n) is 5.51. The molecule has 2 rings (SSSR count). The highest BCUT2D eigenvalue weighted by Gasteiger charge is 2.05. The zero-order valence-electron chi connectivity index (χ0n) is 9.82. The highest BCUT2D eigenvalue weighted by molar-refractivity contribution is 9.10. The lowest BCUT2D eigenvalue weighted by atomic mass is 10.1. The highest BCUT2D eigenvalue weighted by Crippen LogP contribution is 2.23. The van der Waals surface area contributed by atoms with E-state index in [4.69, 9.17) is 5.26 Å². The molecule has 0 fully saturated rings. The number of nitriles is 1. The van der Waals surface area contributed by atoms with Crippen LogP contribution in [0.1, 0.15) is 11.1 Å². The van der Waals surface area contributed by atoms with Crippen LogP contribution in [0.3, 0.4) is 0 Å². The van der Waals surface area contributed by atoms with Crippen molar-refractivity contribution in [2.24, 2.45) is 0 Å². The van der Waals surface area contributed by atoms with Crippen LogP contribution in [0.25, 0.3) is 0 Å². The maximum atomic E-state index is 13.2. The van der Waals surface area contributed by atoms with Crippen LogP contribution >= 0.6 is 15.9 Å². The molecule has 0 bridgehead atoms. The second-order valence-electron chi connectivity index (χ2n) is 3.93. The summed E-state index contributed by atoms with van der Waals surface area (Å²) in [5.41, 5.74) is 1.32. The first kappa shape index (κ1) is 13.4. The van der Waals surface area contributed by atoms with Crippen LogP contribution in [0.2, 0.25) is 0 Å². The number of hydrogen-bond acceptors (Lipinski definition) is 3. The van der Waals surface area contributed by atoms with Crippen LogP contribution in [-0.2, 0) is 6.54 Å². The number of hydrogen-bond donors (Lipinski definition) is 2.